The van der Waals surface area contributed by atoms with Crippen LogP contribution < -0.4 is 0 Å². The molecule has 23 heavy (non-hydrogen) atoms. The Hall–Kier alpha value is -2.62. The summed E-state index contributed by atoms with van der Waals surface area (Å²) < 4.78 is 0. The minimum atomic E-state index is 0. The maximum Gasteiger partial charge on any atom is 2.00 e. The molecule has 2 aromatic carbocycles. The van der Waals surface area contributed by atoms with E-state index < -0.39 is 0 Å². The van der Waals surface area contributed by atoms with Gasteiger partial charge in [-0.1, -0.05) is 23.3 Å². The van der Waals surface area contributed by atoms with Crippen molar-refractivity contribution >= 4 is 0 Å². The maximum absolute atomic E-state index is 3.97. The number of hydrogen-bond donors (Lipinski definition) is 0. The molecule has 0 aliphatic rings. The molecule has 0 amide bonds. The summed E-state index contributed by atoms with van der Waals surface area (Å²) in [6, 6.07) is 23.7. The van der Waals surface area contributed by atoms with Gasteiger partial charge in [0.2, 0.25) is 0 Å². The van der Waals surface area contributed by atoms with Crippen molar-refractivity contribution in [2.75, 3.05) is 0 Å². The first-order valence-corrected chi connectivity index (χ1v) is 6.93. The van der Waals surface area contributed by atoms with E-state index in [4.69, 9.17) is 0 Å². The number of rotatable bonds is 2. The van der Waals surface area contributed by atoms with Gasteiger partial charge in [0.1, 0.15) is 0 Å². The summed E-state index contributed by atoms with van der Waals surface area (Å²) in [4.78, 5) is 0. The Balaban J connectivity index is 0.000000160. The largest absolute Gasteiger partial charge is 2.00 e. The van der Waals surface area contributed by atoms with Gasteiger partial charge in [0, 0.05) is 23.8 Å². The zero-order valence-electron chi connectivity index (χ0n) is 12.2. The van der Waals surface area contributed by atoms with Crippen molar-refractivity contribution in [1.82, 2.24) is 20.4 Å². The number of hydrogen-bond acceptors (Lipinski definition) is 4. The van der Waals surface area contributed by atoms with Crippen molar-refractivity contribution in [1.29, 1.82) is 0 Å². The first kappa shape index (κ1) is 16.7. The standard InChI is InChI=1S/2C9H7N2.Fe/c2*1-2-5-8(4-1)9-6-3-7-10-11-9;/h2*1-7H;/q2*-1;+2. The predicted octanol–water partition coefficient (Wildman–Crippen LogP) is 3.72. The third-order valence-corrected chi connectivity index (χ3v) is 3.06. The van der Waals surface area contributed by atoms with Crippen LogP contribution in [0.15, 0.2) is 85.2 Å². The summed E-state index contributed by atoms with van der Waals surface area (Å²) in [6.45, 7) is 0. The van der Waals surface area contributed by atoms with Crippen molar-refractivity contribution < 1.29 is 17.1 Å². The second-order valence-corrected chi connectivity index (χ2v) is 4.56. The summed E-state index contributed by atoms with van der Waals surface area (Å²) in [5, 5.41) is 15.5. The smallest absolute Gasteiger partial charge is 0.174 e. The van der Waals surface area contributed by atoms with Gasteiger partial charge in [-0.15, -0.1) is 36.4 Å². The minimum Gasteiger partial charge on any atom is -0.174 e. The molecule has 4 rings (SSSR count). The third kappa shape index (κ3) is 4.68. The predicted molar refractivity (Wildman–Crippen MR) is 86.1 cm³/mol. The molecule has 0 N–H and O–H groups in total. The SMILES string of the molecule is [Fe+2].c1cnnc(-[c-]2cccc2)c1.c1cnnc(-[c-]2cccc2)c1. The van der Waals surface area contributed by atoms with Gasteiger partial charge in [0.25, 0.3) is 0 Å². The number of nitrogens with zero attached hydrogens (tertiary/aromatic N) is 4. The molecule has 4 aromatic rings. The van der Waals surface area contributed by atoms with Gasteiger partial charge >= 0.3 is 17.1 Å². The Kier molecular flexibility index (Phi) is 6.36. The van der Waals surface area contributed by atoms with Crippen molar-refractivity contribution in [3.63, 3.8) is 0 Å². The van der Waals surface area contributed by atoms with E-state index in [-0.39, 0.29) is 17.1 Å². The summed E-state index contributed by atoms with van der Waals surface area (Å²) in [7, 11) is 0. The fraction of sp³-hybridized carbons (Fsp3) is 0. The Bertz CT molecular complexity index is 697. The van der Waals surface area contributed by atoms with Crippen LogP contribution in [-0.4, -0.2) is 20.4 Å². The van der Waals surface area contributed by atoms with Crippen LogP contribution in [0.5, 0.6) is 0 Å². The molecule has 0 aliphatic carbocycles. The van der Waals surface area contributed by atoms with Crippen LogP contribution in [-0.2, 0) is 17.1 Å². The van der Waals surface area contributed by atoms with Gasteiger partial charge in [-0.25, -0.2) is 0 Å². The molecule has 114 valence electrons. The topological polar surface area (TPSA) is 51.6 Å². The summed E-state index contributed by atoms with van der Waals surface area (Å²) in [5.74, 6) is 0. The Morgan fingerprint density at radius 1 is 0.565 bits per heavy atom. The Morgan fingerprint density at radius 3 is 1.26 bits per heavy atom. The van der Waals surface area contributed by atoms with Crippen LogP contribution in [0.1, 0.15) is 0 Å². The molecule has 0 spiro atoms. The van der Waals surface area contributed by atoms with Crippen LogP contribution in [0.3, 0.4) is 0 Å². The van der Waals surface area contributed by atoms with Crippen LogP contribution in [0.2, 0.25) is 0 Å². The van der Waals surface area contributed by atoms with Crippen molar-refractivity contribution in [3.8, 4) is 22.5 Å². The molecule has 5 heteroatoms. The molecule has 2 heterocycles. The zero-order valence-corrected chi connectivity index (χ0v) is 13.3. The fourth-order valence-corrected chi connectivity index (χ4v) is 2.00. The maximum atomic E-state index is 3.97. The number of aromatic nitrogens is 4. The quantitative estimate of drug-likeness (QED) is 0.412. The van der Waals surface area contributed by atoms with E-state index in [9.17, 15) is 0 Å². The molecule has 0 unspecified atom stereocenters. The van der Waals surface area contributed by atoms with Gasteiger partial charge in [-0.3, -0.25) is 0 Å². The van der Waals surface area contributed by atoms with E-state index >= 15 is 0 Å². The minimum absolute atomic E-state index is 0. The molecule has 0 radical (unpaired) electrons. The van der Waals surface area contributed by atoms with Crippen LogP contribution in [0.25, 0.3) is 22.5 Å². The van der Waals surface area contributed by atoms with E-state index in [0.717, 1.165) is 22.5 Å². The average Bonchev–Trinajstić information content (AvgIpc) is 3.31. The molecule has 0 aliphatic heterocycles. The molecular formula is C18H14FeN4. The Morgan fingerprint density at radius 2 is 0.957 bits per heavy atom. The molecule has 4 nitrogen and oxygen atoms in total. The first-order chi connectivity index (χ1) is 10.9. The molecule has 0 fully saturated rings. The monoisotopic (exact) mass is 342 g/mol. The van der Waals surface area contributed by atoms with Crippen molar-refractivity contribution in [2.24, 2.45) is 0 Å². The van der Waals surface area contributed by atoms with Crippen LogP contribution >= 0.6 is 0 Å². The molecule has 0 saturated heterocycles. The first-order valence-electron chi connectivity index (χ1n) is 6.93. The van der Waals surface area contributed by atoms with E-state index in [1.807, 2.05) is 72.8 Å². The second kappa shape index (κ2) is 8.73. The Labute approximate surface area is 145 Å². The zero-order chi connectivity index (χ0) is 15.0. The van der Waals surface area contributed by atoms with Gasteiger partial charge in [-0.2, -0.15) is 44.7 Å². The third-order valence-electron chi connectivity index (χ3n) is 3.06. The van der Waals surface area contributed by atoms with Crippen LogP contribution in [0.4, 0.5) is 0 Å². The van der Waals surface area contributed by atoms with Crippen LogP contribution in [0, 0.1) is 0 Å². The molecule has 0 bridgehead atoms. The van der Waals surface area contributed by atoms with Crippen molar-refractivity contribution in [2.45, 2.75) is 0 Å². The average molecular weight is 342 g/mol. The molecule has 0 atom stereocenters. The second-order valence-electron chi connectivity index (χ2n) is 4.56. The van der Waals surface area contributed by atoms with Crippen molar-refractivity contribution in [3.05, 3.63) is 85.2 Å². The van der Waals surface area contributed by atoms with Gasteiger partial charge < -0.3 is 0 Å². The molecular weight excluding hydrogens is 328 g/mol. The van der Waals surface area contributed by atoms with E-state index in [1.54, 1.807) is 12.4 Å². The fourth-order valence-electron chi connectivity index (χ4n) is 2.00. The van der Waals surface area contributed by atoms with Gasteiger partial charge in [-0.05, 0) is 0 Å². The normalized spacial score (nSPS) is 9.39. The molecule has 0 saturated carbocycles. The van der Waals surface area contributed by atoms with E-state index in [2.05, 4.69) is 20.4 Å². The molecule has 2 aromatic heterocycles. The summed E-state index contributed by atoms with van der Waals surface area (Å²) in [6.07, 6.45) is 3.35. The van der Waals surface area contributed by atoms with E-state index in [1.165, 1.54) is 0 Å². The van der Waals surface area contributed by atoms with E-state index in [0.29, 0.717) is 0 Å². The van der Waals surface area contributed by atoms with Gasteiger partial charge in [0.05, 0.1) is 0 Å². The summed E-state index contributed by atoms with van der Waals surface area (Å²) in [5.41, 5.74) is 4.10. The summed E-state index contributed by atoms with van der Waals surface area (Å²) >= 11 is 0. The van der Waals surface area contributed by atoms with Gasteiger partial charge in [0.15, 0.2) is 0 Å².